The van der Waals surface area contributed by atoms with E-state index in [0.717, 1.165) is 17.6 Å². The molecule has 6 atom stereocenters. The first-order valence-electron chi connectivity index (χ1n) is 17.3. The van der Waals surface area contributed by atoms with Crippen molar-refractivity contribution < 1.29 is 29.0 Å². The number of phenols is 1. The second-order valence-electron chi connectivity index (χ2n) is 13.9. The van der Waals surface area contributed by atoms with Crippen molar-refractivity contribution in [3.63, 3.8) is 0 Å². The number of ketones is 2. The van der Waals surface area contributed by atoms with E-state index in [9.17, 15) is 14.7 Å². The molecular formula is C43H36BrNO6. The van der Waals surface area contributed by atoms with Crippen molar-refractivity contribution in [1.82, 2.24) is 0 Å². The molecule has 4 aliphatic rings. The Balaban J connectivity index is 1.36. The fourth-order valence-electron chi connectivity index (χ4n) is 9.30. The average molecular weight is 743 g/mol. The number of aromatic hydroxyl groups is 1. The molecule has 0 bridgehead atoms. The van der Waals surface area contributed by atoms with Crippen LogP contribution in [0.15, 0.2) is 119 Å². The van der Waals surface area contributed by atoms with Crippen LogP contribution in [-0.4, -0.2) is 35.6 Å². The molecule has 8 rings (SSSR count). The van der Waals surface area contributed by atoms with E-state index in [2.05, 4.69) is 22.9 Å². The molecule has 0 aromatic heterocycles. The molecule has 1 aliphatic heterocycles. The molecule has 2 amide bonds. The minimum atomic E-state index is -1.38. The summed E-state index contributed by atoms with van der Waals surface area (Å²) in [7, 11) is 1.46. The predicted molar refractivity (Wildman–Crippen MR) is 197 cm³/mol. The van der Waals surface area contributed by atoms with Crippen LogP contribution in [0.25, 0.3) is 5.57 Å². The van der Waals surface area contributed by atoms with Gasteiger partial charge in [0.25, 0.3) is 0 Å². The summed E-state index contributed by atoms with van der Waals surface area (Å²) in [5, 5.41) is 10.9. The number of imide groups is 1. The number of anilines is 1. The number of hydrogen-bond donors (Lipinski definition) is 1. The van der Waals surface area contributed by atoms with Crippen LogP contribution in [-0.2, 0) is 31.0 Å². The minimum Gasteiger partial charge on any atom is -0.503 e. The van der Waals surface area contributed by atoms with Crippen LogP contribution in [0, 0.1) is 23.7 Å². The molecule has 0 spiro atoms. The standard InChI is InChI=1S/C43H36BrNO6/c1-3-24-14-16-28(17-15-24)45-41(49)30-19-18-29-32(37(30)42(45)50)22-33-39(47)31(25-10-6-4-7-11-25)23-36(46)43(33,27-12-8-5-9-13-27)38(29)26-20-34(44)40(48)35(21-26)51-2/h4-18,20-21,23,30,32-33,37-38,48H,3,19,22H2,1-2H3/t30-,32+,33-,37-,38-,43-/m0/s1. The summed E-state index contributed by atoms with van der Waals surface area (Å²) in [5.74, 6) is -4.19. The number of hydrogen-bond acceptors (Lipinski definition) is 6. The number of ether oxygens (including phenoxy) is 1. The average Bonchev–Trinajstić information content (AvgIpc) is 3.42. The Hall–Kier alpha value is -5.08. The van der Waals surface area contributed by atoms with Gasteiger partial charge in [0.05, 0.1) is 34.5 Å². The van der Waals surface area contributed by atoms with Crippen molar-refractivity contribution in [1.29, 1.82) is 0 Å². The van der Waals surface area contributed by atoms with Gasteiger partial charge in [-0.2, -0.15) is 0 Å². The van der Waals surface area contributed by atoms with E-state index in [1.54, 1.807) is 12.1 Å². The Bertz CT molecular complexity index is 2160. The molecule has 1 saturated carbocycles. The zero-order chi connectivity index (χ0) is 35.6. The third-order valence-corrected chi connectivity index (χ3v) is 12.2. The Morgan fingerprint density at radius 2 is 1.57 bits per heavy atom. The van der Waals surface area contributed by atoms with Gasteiger partial charge < -0.3 is 9.84 Å². The van der Waals surface area contributed by atoms with Crippen molar-refractivity contribution in [2.45, 2.75) is 37.5 Å². The lowest BCUT2D eigenvalue weighted by Gasteiger charge is -2.55. The summed E-state index contributed by atoms with van der Waals surface area (Å²) in [6.45, 7) is 2.05. The van der Waals surface area contributed by atoms with E-state index in [4.69, 9.17) is 4.74 Å². The second-order valence-corrected chi connectivity index (χ2v) is 14.7. The van der Waals surface area contributed by atoms with Gasteiger partial charge in [0, 0.05) is 17.4 Å². The number of nitrogens with zero attached hydrogens (tertiary/aromatic N) is 1. The first-order chi connectivity index (χ1) is 24.7. The Morgan fingerprint density at radius 3 is 2.24 bits per heavy atom. The molecule has 0 unspecified atom stereocenters. The van der Waals surface area contributed by atoms with Gasteiger partial charge in [-0.15, -0.1) is 0 Å². The van der Waals surface area contributed by atoms with Crippen LogP contribution in [0.2, 0.25) is 0 Å². The number of phenolic OH excluding ortho intramolecular Hbond substituents is 1. The number of Topliss-reactive ketones (excluding diaryl/α,β-unsaturated/α-hetero) is 1. The van der Waals surface area contributed by atoms with E-state index >= 15 is 9.59 Å². The van der Waals surface area contributed by atoms with Crippen molar-refractivity contribution in [2.75, 3.05) is 12.0 Å². The van der Waals surface area contributed by atoms with Crippen molar-refractivity contribution in [3.05, 3.63) is 142 Å². The van der Waals surface area contributed by atoms with E-state index in [1.165, 1.54) is 18.1 Å². The summed E-state index contributed by atoms with van der Waals surface area (Å²) in [5.41, 5.74) is 3.44. The van der Waals surface area contributed by atoms with Gasteiger partial charge in [-0.1, -0.05) is 91.4 Å². The largest absolute Gasteiger partial charge is 0.503 e. The van der Waals surface area contributed by atoms with E-state index in [-0.39, 0.29) is 41.3 Å². The summed E-state index contributed by atoms with van der Waals surface area (Å²) >= 11 is 3.51. The molecule has 4 aromatic carbocycles. The van der Waals surface area contributed by atoms with Crippen LogP contribution >= 0.6 is 15.9 Å². The van der Waals surface area contributed by atoms with Gasteiger partial charge in [-0.3, -0.25) is 24.1 Å². The zero-order valence-electron chi connectivity index (χ0n) is 28.2. The van der Waals surface area contributed by atoms with E-state index in [0.29, 0.717) is 38.8 Å². The molecule has 3 aliphatic carbocycles. The maximum absolute atomic E-state index is 15.2. The van der Waals surface area contributed by atoms with Crippen LogP contribution in [0.3, 0.4) is 0 Å². The van der Waals surface area contributed by atoms with Gasteiger partial charge in [0.1, 0.15) is 0 Å². The second kappa shape index (κ2) is 12.6. The highest BCUT2D eigenvalue weighted by molar-refractivity contribution is 9.10. The van der Waals surface area contributed by atoms with E-state index < -0.39 is 35.0 Å². The molecule has 1 saturated heterocycles. The monoisotopic (exact) mass is 741 g/mol. The maximum Gasteiger partial charge on any atom is 0.238 e. The fourth-order valence-corrected chi connectivity index (χ4v) is 9.76. The molecule has 7 nitrogen and oxygen atoms in total. The maximum atomic E-state index is 15.2. The van der Waals surface area contributed by atoms with Gasteiger partial charge in [0.15, 0.2) is 23.1 Å². The molecular weight excluding hydrogens is 706 g/mol. The lowest BCUT2D eigenvalue weighted by atomic mass is 9.44. The number of rotatable bonds is 6. The highest BCUT2D eigenvalue weighted by Gasteiger charge is 2.66. The molecule has 1 heterocycles. The Kier molecular flexibility index (Phi) is 8.18. The topological polar surface area (TPSA) is 101 Å². The highest BCUT2D eigenvalue weighted by atomic mass is 79.9. The molecule has 51 heavy (non-hydrogen) atoms. The lowest BCUT2D eigenvalue weighted by Crippen LogP contribution is -2.58. The van der Waals surface area contributed by atoms with Crippen LogP contribution < -0.4 is 9.64 Å². The van der Waals surface area contributed by atoms with Crippen LogP contribution in [0.4, 0.5) is 5.69 Å². The zero-order valence-corrected chi connectivity index (χ0v) is 29.8. The molecule has 8 heteroatoms. The number of amides is 2. The predicted octanol–water partition coefficient (Wildman–Crippen LogP) is 7.75. The smallest absolute Gasteiger partial charge is 0.238 e. The molecule has 2 fully saturated rings. The number of aryl methyl sites for hydroxylation is 1. The van der Waals surface area contributed by atoms with Crippen molar-refractivity contribution in [2.24, 2.45) is 23.7 Å². The third kappa shape index (κ3) is 4.90. The van der Waals surface area contributed by atoms with Crippen molar-refractivity contribution >= 4 is 50.6 Å². The third-order valence-electron chi connectivity index (χ3n) is 11.6. The van der Waals surface area contributed by atoms with Crippen LogP contribution in [0.1, 0.15) is 47.9 Å². The molecule has 1 N–H and O–H groups in total. The van der Waals surface area contributed by atoms with Gasteiger partial charge in [0.2, 0.25) is 11.8 Å². The fraction of sp³-hybridized carbons (Fsp3) is 0.256. The minimum absolute atomic E-state index is 0.0878. The number of methoxy groups -OCH3 is 1. The van der Waals surface area contributed by atoms with Gasteiger partial charge in [-0.25, -0.2) is 0 Å². The molecule has 256 valence electrons. The van der Waals surface area contributed by atoms with Gasteiger partial charge >= 0.3 is 0 Å². The van der Waals surface area contributed by atoms with E-state index in [1.807, 2.05) is 91.0 Å². The first kappa shape index (κ1) is 33.1. The summed E-state index contributed by atoms with van der Waals surface area (Å²) < 4.78 is 5.97. The lowest BCUT2D eigenvalue weighted by molar-refractivity contribution is -0.135. The summed E-state index contributed by atoms with van der Waals surface area (Å²) in [6, 6.07) is 29.7. The number of benzene rings is 4. The number of carbonyl (C=O) groups excluding carboxylic acids is 4. The number of allylic oxidation sites excluding steroid dienone is 4. The number of carbonyl (C=O) groups is 4. The quantitative estimate of drug-likeness (QED) is 0.160. The molecule has 0 radical (unpaired) electrons. The Morgan fingerprint density at radius 1 is 0.882 bits per heavy atom. The first-order valence-corrected chi connectivity index (χ1v) is 18.1. The SMILES string of the molecule is CCc1ccc(N2C(=O)[C@H]3[C@H](CC=C4[C@H]3C[C@H]3C(=O)C(c5ccccc5)=CC(=O)[C@@]3(c3ccccc3)[C@H]4c3cc(Br)c(O)c(OC)c3)C2=O)cc1. The normalized spacial score (nSPS) is 27.0. The summed E-state index contributed by atoms with van der Waals surface area (Å²) in [4.78, 5) is 60.3. The number of fused-ring (bicyclic) bond motifs is 4. The summed E-state index contributed by atoms with van der Waals surface area (Å²) in [6.07, 6.45) is 4.90. The Labute approximate surface area is 304 Å². The highest BCUT2D eigenvalue weighted by Crippen LogP contribution is 2.64. The molecule has 4 aromatic rings. The van der Waals surface area contributed by atoms with Crippen molar-refractivity contribution in [3.8, 4) is 11.5 Å². The van der Waals surface area contributed by atoms with Crippen LogP contribution in [0.5, 0.6) is 11.5 Å². The van der Waals surface area contributed by atoms with Gasteiger partial charge in [-0.05, 0) is 93.7 Å². The number of halogens is 1.